The molecule has 4 nitrogen and oxygen atoms in total. The molecular formula is C13H18N2O2. The molecule has 1 heterocycles. The molecule has 1 unspecified atom stereocenters. The van der Waals surface area contributed by atoms with Crippen molar-refractivity contribution in [1.29, 1.82) is 0 Å². The first kappa shape index (κ1) is 11.9. The molecule has 92 valence electrons. The van der Waals surface area contributed by atoms with E-state index in [1.165, 1.54) is 5.56 Å². The Morgan fingerprint density at radius 2 is 2.24 bits per heavy atom. The number of carbonyl (C=O) groups is 1. The van der Waals surface area contributed by atoms with Crippen LogP contribution in [-0.4, -0.2) is 25.8 Å². The Morgan fingerprint density at radius 1 is 1.47 bits per heavy atom. The average Bonchev–Trinajstić information content (AvgIpc) is 2.30. The number of carbonyl (C=O) groups excluding carboxylic acids is 1. The molecule has 0 saturated carbocycles. The monoisotopic (exact) mass is 234 g/mol. The summed E-state index contributed by atoms with van der Waals surface area (Å²) in [6.45, 7) is 5.64. The molecule has 1 aliphatic rings. The molecule has 2 rings (SSSR count). The van der Waals surface area contributed by atoms with Crippen molar-refractivity contribution < 1.29 is 9.53 Å². The normalized spacial score (nSPS) is 20.3. The van der Waals surface area contributed by atoms with E-state index in [2.05, 4.69) is 6.07 Å². The van der Waals surface area contributed by atoms with Crippen molar-refractivity contribution in [3.63, 3.8) is 0 Å². The molecule has 2 N–H and O–H groups in total. The number of aryl methyl sites for hydroxylation is 2. The third kappa shape index (κ3) is 2.42. The standard InChI is InChI=1S/C13H18N2O2/c1-9-3-4-12(10(2)5-9)15-7-11(6-14)8-17-13(15)16/h3-5,11H,6-8,14H2,1-2H3. The lowest BCUT2D eigenvalue weighted by Crippen LogP contribution is -2.45. The number of rotatable bonds is 2. The number of hydrogen-bond donors (Lipinski definition) is 1. The fourth-order valence-corrected chi connectivity index (χ4v) is 2.10. The average molecular weight is 234 g/mol. The van der Waals surface area contributed by atoms with Gasteiger partial charge in [0.25, 0.3) is 0 Å². The van der Waals surface area contributed by atoms with Gasteiger partial charge < -0.3 is 10.5 Å². The highest BCUT2D eigenvalue weighted by molar-refractivity contribution is 5.89. The summed E-state index contributed by atoms with van der Waals surface area (Å²) in [5, 5.41) is 0. The molecule has 1 amide bonds. The van der Waals surface area contributed by atoms with Crippen LogP contribution in [0.15, 0.2) is 18.2 Å². The lowest BCUT2D eigenvalue weighted by molar-refractivity contribution is 0.117. The summed E-state index contributed by atoms with van der Waals surface area (Å²) < 4.78 is 5.14. The van der Waals surface area contributed by atoms with Gasteiger partial charge in [-0.3, -0.25) is 4.90 Å². The summed E-state index contributed by atoms with van der Waals surface area (Å²) >= 11 is 0. The second-order valence-corrected chi connectivity index (χ2v) is 4.58. The zero-order valence-corrected chi connectivity index (χ0v) is 10.3. The molecule has 0 radical (unpaired) electrons. The van der Waals surface area contributed by atoms with Crippen molar-refractivity contribution in [2.45, 2.75) is 13.8 Å². The summed E-state index contributed by atoms with van der Waals surface area (Å²) in [5.41, 5.74) is 8.82. The van der Waals surface area contributed by atoms with Crippen LogP contribution in [-0.2, 0) is 4.74 Å². The van der Waals surface area contributed by atoms with Crippen LogP contribution in [0.1, 0.15) is 11.1 Å². The Morgan fingerprint density at radius 3 is 2.88 bits per heavy atom. The minimum atomic E-state index is -0.276. The SMILES string of the molecule is Cc1ccc(N2CC(CN)COC2=O)c(C)c1. The molecule has 0 aliphatic carbocycles. The number of nitrogens with zero attached hydrogens (tertiary/aromatic N) is 1. The van der Waals surface area contributed by atoms with E-state index in [1.54, 1.807) is 4.90 Å². The molecule has 0 aromatic heterocycles. The predicted octanol–water partition coefficient (Wildman–Crippen LogP) is 1.83. The zero-order valence-electron chi connectivity index (χ0n) is 10.3. The van der Waals surface area contributed by atoms with Gasteiger partial charge in [0.2, 0.25) is 0 Å². The van der Waals surface area contributed by atoms with Gasteiger partial charge in [-0.05, 0) is 25.5 Å². The Balaban J connectivity index is 2.27. The van der Waals surface area contributed by atoms with Gasteiger partial charge in [0.05, 0.1) is 6.61 Å². The minimum Gasteiger partial charge on any atom is -0.449 e. The molecule has 1 saturated heterocycles. The topological polar surface area (TPSA) is 55.6 Å². The van der Waals surface area contributed by atoms with Crippen LogP contribution < -0.4 is 10.6 Å². The van der Waals surface area contributed by atoms with Crippen LogP contribution in [0.25, 0.3) is 0 Å². The summed E-state index contributed by atoms with van der Waals surface area (Å²) in [6, 6.07) is 6.03. The van der Waals surface area contributed by atoms with Crippen LogP contribution in [0.5, 0.6) is 0 Å². The smallest absolute Gasteiger partial charge is 0.414 e. The van der Waals surface area contributed by atoms with Crippen molar-refractivity contribution in [2.24, 2.45) is 11.7 Å². The molecule has 17 heavy (non-hydrogen) atoms. The number of ether oxygens (including phenoxy) is 1. The molecular weight excluding hydrogens is 216 g/mol. The number of benzene rings is 1. The van der Waals surface area contributed by atoms with E-state index in [-0.39, 0.29) is 12.0 Å². The maximum atomic E-state index is 11.8. The van der Waals surface area contributed by atoms with E-state index in [0.29, 0.717) is 19.7 Å². The van der Waals surface area contributed by atoms with Gasteiger partial charge in [0.15, 0.2) is 0 Å². The maximum absolute atomic E-state index is 11.8. The fourth-order valence-electron chi connectivity index (χ4n) is 2.10. The Labute approximate surface area is 101 Å². The quantitative estimate of drug-likeness (QED) is 0.849. The van der Waals surface area contributed by atoms with Crippen LogP contribution in [0, 0.1) is 19.8 Å². The first-order valence-corrected chi connectivity index (χ1v) is 5.83. The Bertz CT molecular complexity index is 431. The summed E-state index contributed by atoms with van der Waals surface area (Å²) in [4.78, 5) is 13.4. The second kappa shape index (κ2) is 4.75. The van der Waals surface area contributed by atoms with Crippen molar-refractivity contribution in [3.05, 3.63) is 29.3 Å². The number of amides is 1. The number of cyclic esters (lactones) is 1. The lowest BCUT2D eigenvalue weighted by Gasteiger charge is -2.32. The van der Waals surface area contributed by atoms with Crippen LogP contribution in [0.2, 0.25) is 0 Å². The fraction of sp³-hybridized carbons (Fsp3) is 0.462. The first-order chi connectivity index (χ1) is 8.11. The van der Waals surface area contributed by atoms with Gasteiger partial charge in [0, 0.05) is 24.7 Å². The zero-order chi connectivity index (χ0) is 12.4. The van der Waals surface area contributed by atoms with Crippen molar-refractivity contribution in [3.8, 4) is 0 Å². The third-order valence-electron chi connectivity index (χ3n) is 3.08. The molecule has 0 spiro atoms. The van der Waals surface area contributed by atoms with Crippen molar-refractivity contribution in [2.75, 3.05) is 24.6 Å². The van der Waals surface area contributed by atoms with Crippen LogP contribution >= 0.6 is 0 Å². The van der Waals surface area contributed by atoms with E-state index in [0.717, 1.165) is 11.3 Å². The molecule has 0 bridgehead atoms. The molecule has 1 aromatic rings. The van der Waals surface area contributed by atoms with E-state index in [9.17, 15) is 4.79 Å². The predicted molar refractivity (Wildman–Crippen MR) is 67.2 cm³/mol. The van der Waals surface area contributed by atoms with Gasteiger partial charge in [-0.1, -0.05) is 17.7 Å². The first-order valence-electron chi connectivity index (χ1n) is 5.83. The van der Waals surface area contributed by atoms with Gasteiger partial charge >= 0.3 is 6.09 Å². The lowest BCUT2D eigenvalue weighted by atomic mass is 10.1. The van der Waals surface area contributed by atoms with Gasteiger partial charge in [-0.15, -0.1) is 0 Å². The molecule has 4 heteroatoms. The molecule has 1 fully saturated rings. The van der Waals surface area contributed by atoms with Crippen LogP contribution in [0.3, 0.4) is 0 Å². The van der Waals surface area contributed by atoms with E-state index in [4.69, 9.17) is 10.5 Å². The van der Waals surface area contributed by atoms with E-state index in [1.807, 2.05) is 26.0 Å². The van der Waals surface area contributed by atoms with Gasteiger partial charge in [-0.25, -0.2) is 4.79 Å². The summed E-state index contributed by atoms with van der Waals surface area (Å²) in [6.07, 6.45) is -0.276. The number of anilines is 1. The van der Waals surface area contributed by atoms with Gasteiger partial charge in [0.1, 0.15) is 0 Å². The van der Waals surface area contributed by atoms with Crippen LogP contribution in [0.4, 0.5) is 10.5 Å². The Hall–Kier alpha value is -1.55. The highest BCUT2D eigenvalue weighted by Crippen LogP contribution is 2.25. The molecule has 1 aliphatic heterocycles. The highest BCUT2D eigenvalue weighted by Gasteiger charge is 2.28. The largest absolute Gasteiger partial charge is 0.449 e. The third-order valence-corrected chi connectivity index (χ3v) is 3.08. The highest BCUT2D eigenvalue weighted by atomic mass is 16.6. The molecule has 1 atom stereocenters. The minimum absolute atomic E-state index is 0.216. The Kier molecular flexibility index (Phi) is 3.33. The summed E-state index contributed by atoms with van der Waals surface area (Å²) in [7, 11) is 0. The molecule has 1 aromatic carbocycles. The summed E-state index contributed by atoms with van der Waals surface area (Å²) in [5.74, 6) is 0.216. The van der Waals surface area contributed by atoms with E-state index < -0.39 is 0 Å². The van der Waals surface area contributed by atoms with E-state index >= 15 is 0 Å². The van der Waals surface area contributed by atoms with Crippen molar-refractivity contribution >= 4 is 11.8 Å². The van der Waals surface area contributed by atoms with Crippen molar-refractivity contribution in [1.82, 2.24) is 0 Å². The van der Waals surface area contributed by atoms with Gasteiger partial charge in [-0.2, -0.15) is 0 Å². The number of hydrogen-bond acceptors (Lipinski definition) is 3. The number of nitrogens with two attached hydrogens (primary N) is 1. The maximum Gasteiger partial charge on any atom is 0.414 e. The second-order valence-electron chi connectivity index (χ2n) is 4.58.